The molecule has 1 aliphatic heterocycles. The zero-order valence-corrected chi connectivity index (χ0v) is 12.3. The van der Waals surface area contributed by atoms with Crippen molar-refractivity contribution in [2.45, 2.75) is 38.7 Å². The minimum absolute atomic E-state index is 0.0520. The largest absolute Gasteiger partial charge is 0.458 e. The average Bonchev–Trinajstić information content (AvgIpc) is 2.53. The van der Waals surface area contributed by atoms with E-state index in [9.17, 15) is 4.79 Å². The van der Waals surface area contributed by atoms with Gasteiger partial charge < -0.3 is 4.74 Å². The summed E-state index contributed by atoms with van der Waals surface area (Å²) in [6, 6.07) is 14.2. The van der Waals surface area contributed by atoms with Crippen LogP contribution >= 0.6 is 0 Å². The number of ether oxygens (including phenoxy) is 1. The van der Waals surface area contributed by atoms with Gasteiger partial charge in [-0.25, -0.2) is 4.79 Å². The normalized spacial score (nSPS) is 18.4. The first kappa shape index (κ1) is 13.9. The Balaban J connectivity index is 1.92. The summed E-state index contributed by atoms with van der Waals surface area (Å²) in [4.78, 5) is 12.3. The zero-order valence-electron chi connectivity index (χ0n) is 12.3. The van der Waals surface area contributed by atoms with Gasteiger partial charge in [-0.05, 0) is 22.8 Å². The van der Waals surface area contributed by atoms with Gasteiger partial charge in [-0.3, -0.25) is 0 Å². The Labute approximate surface area is 125 Å². The van der Waals surface area contributed by atoms with E-state index in [-0.39, 0.29) is 12.1 Å². The molecule has 2 aromatic rings. The number of rotatable bonds is 4. The molecule has 0 saturated heterocycles. The van der Waals surface area contributed by atoms with Crippen LogP contribution in [-0.4, -0.2) is 12.1 Å². The fraction of sp³-hybridized carbons (Fsp3) is 0.316. The topological polar surface area (TPSA) is 26.3 Å². The lowest BCUT2D eigenvalue weighted by molar-refractivity contribution is -0.143. The molecule has 108 valence electrons. The molecule has 0 N–H and O–H groups in total. The molecule has 0 aromatic heterocycles. The summed E-state index contributed by atoms with van der Waals surface area (Å²) in [5.74, 6) is -0.182. The number of unbranched alkanes of at least 4 members (excludes halogenated alkanes) is 1. The summed E-state index contributed by atoms with van der Waals surface area (Å²) in [6.45, 7) is 2.15. The van der Waals surface area contributed by atoms with E-state index in [0.29, 0.717) is 5.57 Å². The van der Waals surface area contributed by atoms with Gasteiger partial charge in [0.2, 0.25) is 0 Å². The maximum atomic E-state index is 12.3. The molecule has 0 bridgehead atoms. The maximum absolute atomic E-state index is 12.3. The number of cyclic esters (lactones) is 1. The highest BCUT2D eigenvalue weighted by molar-refractivity contribution is 6.20. The van der Waals surface area contributed by atoms with E-state index in [1.54, 1.807) is 0 Å². The first-order valence-corrected chi connectivity index (χ1v) is 7.69. The molecule has 2 heteroatoms. The van der Waals surface area contributed by atoms with E-state index < -0.39 is 0 Å². The monoisotopic (exact) mass is 280 g/mol. The quantitative estimate of drug-likeness (QED) is 0.757. The van der Waals surface area contributed by atoms with Gasteiger partial charge in [-0.1, -0.05) is 68.3 Å². The van der Waals surface area contributed by atoms with E-state index in [1.165, 1.54) is 0 Å². The molecule has 0 aliphatic carbocycles. The van der Waals surface area contributed by atoms with Crippen LogP contribution < -0.4 is 0 Å². The molecule has 0 amide bonds. The first-order chi connectivity index (χ1) is 10.3. The molecule has 0 spiro atoms. The minimum atomic E-state index is -0.182. The summed E-state index contributed by atoms with van der Waals surface area (Å²) >= 11 is 0. The van der Waals surface area contributed by atoms with Gasteiger partial charge in [0.15, 0.2) is 0 Å². The summed E-state index contributed by atoms with van der Waals surface area (Å²) in [5.41, 5.74) is 1.69. The Morgan fingerprint density at radius 3 is 2.76 bits per heavy atom. The highest BCUT2D eigenvalue weighted by Gasteiger charge is 2.24. The molecule has 2 nitrogen and oxygen atoms in total. The van der Waals surface area contributed by atoms with Gasteiger partial charge in [-0.15, -0.1) is 0 Å². The Morgan fingerprint density at radius 2 is 1.95 bits per heavy atom. The second-order valence-electron chi connectivity index (χ2n) is 5.55. The summed E-state index contributed by atoms with van der Waals surface area (Å²) < 4.78 is 5.60. The Morgan fingerprint density at radius 1 is 1.14 bits per heavy atom. The predicted molar refractivity (Wildman–Crippen MR) is 85.9 cm³/mol. The van der Waals surface area contributed by atoms with Gasteiger partial charge in [0.25, 0.3) is 0 Å². The van der Waals surface area contributed by atoms with Crippen LogP contribution in [0.3, 0.4) is 0 Å². The molecular formula is C19H20O2. The number of carbonyl (C=O) groups excluding carboxylic acids is 1. The van der Waals surface area contributed by atoms with Crippen LogP contribution in [0.5, 0.6) is 0 Å². The van der Waals surface area contributed by atoms with Crippen LogP contribution in [0, 0.1) is 0 Å². The van der Waals surface area contributed by atoms with Crippen LogP contribution in [0.4, 0.5) is 0 Å². The van der Waals surface area contributed by atoms with E-state index >= 15 is 0 Å². The van der Waals surface area contributed by atoms with Crippen molar-refractivity contribution >= 4 is 22.3 Å². The lowest BCUT2D eigenvalue weighted by Crippen LogP contribution is -2.23. The number of esters is 1. The standard InChI is InChI=1S/C19H20O2/c1-2-3-9-15-12-13-18(19(20)21-15)17-11-6-8-14-7-4-5-10-16(14)17/h4-8,10-11,13,15H,2-3,9,12H2,1H3. The number of benzene rings is 2. The van der Waals surface area contributed by atoms with Gasteiger partial charge in [0, 0.05) is 6.42 Å². The molecule has 1 atom stereocenters. The molecule has 0 radical (unpaired) electrons. The van der Waals surface area contributed by atoms with E-state index in [2.05, 4.69) is 25.1 Å². The number of fused-ring (bicyclic) bond motifs is 1. The average molecular weight is 280 g/mol. The van der Waals surface area contributed by atoms with E-state index in [1.807, 2.05) is 30.3 Å². The van der Waals surface area contributed by atoms with Gasteiger partial charge in [0.1, 0.15) is 6.10 Å². The fourth-order valence-corrected chi connectivity index (χ4v) is 2.88. The van der Waals surface area contributed by atoms with Crippen LogP contribution in [-0.2, 0) is 9.53 Å². The number of hydrogen-bond acceptors (Lipinski definition) is 2. The van der Waals surface area contributed by atoms with Crippen LogP contribution in [0.1, 0.15) is 38.2 Å². The van der Waals surface area contributed by atoms with Gasteiger partial charge in [-0.2, -0.15) is 0 Å². The molecule has 1 heterocycles. The highest BCUT2D eigenvalue weighted by atomic mass is 16.5. The third-order valence-electron chi connectivity index (χ3n) is 4.04. The molecule has 21 heavy (non-hydrogen) atoms. The maximum Gasteiger partial charge on any atom is 0.338 e. The number of carbonyl (C=O) groups is 1. The van der Waals surface area contributed by atoms with Gasteiger partial charge >= 0.3 is 5.97 Å². The predicted octanol–water partition coefficient (Wildman–Crippen LogP) is 4.73. The highest BCUT2D eigenvalue weighted by Crippen LogP contribution is 2.30. The van der Waals surface area contributed by atoms with Gasteiger partial charge in [0.05, 0.1) is 5.57 Å². The summed E-state index contributed by atoms with van der Waals surface area (Å²) in [6.07, 6.45) is 6.12. The van der Waals surface area contributed by atoms with Crippen LogP contribution in [0.15, 0.2) is 48.5 Å². The second-order valence-corrected chi connectivity index (χ2v) is 5.55. The molecule has 1 unspecified atom stereocenters. The minimum Gasteiger partial charge on any atom is -0.458 e. The molecule has 2 aromatic carbocycles. The third-order valence-corrected chi connectivity index (χ3v) is 4.04. The van der Waals surface area contributed by atoms with Crippen LogP contribution in [0.25, 0.3) is 16.3 Å². The second kappa shape index (κ2) is 6.13. The van der Waals surface area contributed by atoms with Crippen molar-refractivity contribution in [2.75, 3.05) is 0 Å². The summed E-state index contributed by atoms with van der Waals surface area (Å²) in [5, 5.41) is 2.26. The van der Waals surface area contributed by atoms with Crippen molar-refractivity contribution in [3.8, 4) is 0 Å². The molecule has 0 fully saturated rings. The van der Waals surface area contributed by atoms with Crippen molar-refractivity contribution in [3.05, 3.63) is 54.1 Å². The zero-order chi connectivity index (χ0) is 14.7. The van der Waals surface area contributed by atoms with Crippen molar-refractivity contribution in [1.82, 2.24) is 0 Å². The first-order valence-electron chi connectivity index (χ1n) is 7.69. The lowest BCUT2D eigenvalue weighted by atomic mass is 9.95. The Hall–Kier alpha value is -2.09. The van der Waals surface area contributed by atoms with Crippen molar-refractivity contribution in [1.29, 1.82) is 0 Å². The lowest BCUT2D eigenvalue weighted by Gasteiger charge is -2.23. The molecule has 3 rings (SSSR count). The Kier molecular flexibility index (Phi) is 4.05. The van der Waals surface area contributed by atoms with Crippen molar-refractivity contribution < 1.29 is 9.53 Å². The smallest absolute Gasteiger partial charge is 0.338 e. The molecule has 1 aliphatic rings. The summed E-state index contributed by atoms with van der Waals surface area (Å²) in [7, 11) is 0. The van der Waals surface area contributed by atoms with E-state index in [4.69, 9.17) is 4.74 Å². The Bertz CT molecular complexity index is 680. The van der Waals surface area contributed by atoms with Crippen molar-refractivity contribution in [2.24, 2.45) is 0 Å². The SMILES string of the molecule is CCCCC1CC=C(c2cccc3ccccc23)C(=O)O1. The van der Waals surface area contributed by atoms with Crippen molar-refractivity contribution in [3.63, 3.8) is 0 Å². The molecule has 0 saturated carbocycles. The molecular weight excluding hydrogens is 260 g/mol. The van der Waals surface area contributed by atoms with E-state index in [0.717, 1.165) is 42.0 Å². The number of hydrogen-bond donors (Lipinski definition) is 0. The van der Waals surface area contributed by atoms with Crippen LogP contribution in [0.2, 0.25) is 0 Å². The third kappa shape index (κ3) is 2.85. The fourth-order valence-electron chi connectivity index (χ4n) is 2.88.